The number of amides is 1. The molecular formula is C54H48N7O6-. The number of Topliss-reactive ketones (excluding diaryl/α,β-unsaturated/α-hetero) is 1. The number of fused-ring (bicyclic) bond motifs is 2. The van der Waals surface area contributed by atoms with Gasteiger partial charge in [-0.25, -0.2) is 4.79 Å². The summed E-state index contributed by atoms with van der Waals surface area (Å²) in [5.41, 5.74) is 7.59. The van der Waals surface area contributed by atoms with E-state index in [-0.39, 0.29) is 17.0 Å². The lowest BCUT2D eigenvalue weighted by molar-refractivity contribution is -0.267. The van der Waals surface area contributed by atoms with Crippen LogP contribution in [0.25, 0.3) is 21.5 Å². The van der Waals surface area contributed by atoms with Gasteiger partial charge in [0.15, 0.2) is 5.78 Å². The van der Waals surface area contributed by atoms with Crippen molar-refractivity contribution in [2.24, 2.45) is 30.7 Å². The standard InChI is InChI=1S/C20H23N3O3.C17H12N2O3.C17H14N2/c1-12-6-9-17(18(10-12)26-5)22-23-19(15(4)24)20(25)21-16-8-7-13(2)14(3)11-16;20-16-14(17(21)22)10-11-6-4-5-9-13(11)15(16)19-18-12-7-2-1-3-8-12;1-13-9-11-15(12-10-13)18-19-17-8-4-6-14-5-2-3-7-16(14)17/h6-11,19H,1-5H3,(H,21,25);1-10,20H,(H,21,22);2-12H,1H3/p-1. The van der Waals surface area contributed by atoms with Crippen molar-refractivity contribution in [2.45, 2.75) is 40.7 Å². The maximum absolute atomic E-state index is 12.5. The molecule has 0 aliphatic carbocycles. The minimum Gasteiger partial charge on any atom is -0.870 e. The van der Waals surface area contributed by atoms with E-state index in [2.05, 4.69) is 61.1 Å². The molecule has 0 heterocycles. The molecule has 0 bridgehead atoms. The summed E-state index contributed by atoms with van der Waals surface area (Å²) < 4.78 is 5.26. The Morgan fingerprint density at radius 1 is 0.582 bits per heavy atom. The van der Waals surface area contributed by atoms with Crippen molar-refractivity contribution in [3.8, 4) is 11.5 Å². The number of azo groups is 3. The fraction of sp³-hybridized carbons (Fsp3) is 0.130. The number of methoxy groups -OCH3 is 1. The first-order valence-electron chi connectivity index (χ1n) is 21.1. The van der Waals surface area contributed by atoms with Crippen LogP contribution in [-0.4, -0.2) is 35.9 Å². The number of anilines is 1. The number of hydrogen-bond acceptors (Lipinski definition) is 11. The second-order valence-electron chi connectivity index (χ2n) is 15.4. The Balaban J connectivity index is 0.000000168. The third-order valence-corrected chi connectivity index (χ3v) is 10.3. The summed E-state index contributed by atoms with van der Waals surface area (Å²) in [4.78, 5) is 35.6. The van der Waals surface area contributed by atoms with Gasteiger partial charge in [-0.05, 0) is 123 Å². The van der Waals surface area contributed by atoms with Crippen LogP contribution in [0.4, 0.5) is 34.1 Å². The molecule has 0 fully saturated rings. The number of carbonyl (C=O) groups excluding carboxylic acids is 2. The van der Waals surface area contributed by atoms with Crippen molar-refractivity contribution >= 4 is 73.3 Å². The number of carboxylic acids is 1. The highest BCUT2D eigenvalue weighted by atomic mass is 16.5. The Kier molecular flexibility index (Phi) is 16.2. The first-order chi connectivity index (χ1) is 32.3. The smallest absolute Gasteiger partial charge is 0.335 e. The van der Waals surface area contributed by atoms with Gasteiger partial charge in [0.05, 0.1) is 35.4 Å². The molecule has 1 unspecified atom stereocenters. The molecule has 0 aromatic heterocycles. The Morgan fingerprint density at radius 2 is 1.21 bits per heavy atom. The van der Waals surface area contributed by atoms with E-state index >= 15 is 0 Å². The van der Waals surface area contributed by atoms with Crippen molar-refractivity contribution in [2.75, 3.05) is 12.4 Å². The summed E-state index contributed by atoms with van der Waals surface area (Å²) in [6.07, 6.45) is 0. The van der Waals surface area contributed by atoms with Crippen molar-refractivity contribution in [1.29, 1.82) is 0 Å². The number of ketones is 1. The van der Waals surface area contributed by atoms with Gasteiger partial charge in [-0.3, -0.25) is 9.59 Å². The third kappa shape index (κ3) is 13.0. The van der Waals surface area contributed by atoms with Crippen molar-refractivity contribution in [3.63, 3.8) is 0 Å². The van der Waals surface area contributed by atoms with Gasteiger partial charge >= 0.3 is 5.97 Å². The molecule has 0 saturated heterocycles. The van der Waals surface area contributed by atoms with Gasteiger partial charge in [0.25, 0.3) is 5.91 Å². The molecule has 1 amide bonds. The molecule has 0 saturated carbocycles. The van der Waals surface area contributed by atoms with Crippen LogP contribution in [-0.2, 0) is 9.59 Å². The molecule has 1 atom stereocenters. The molecule has 8 rings (SSSR count). The van der Waals surface area contributed by atoms with E-state index in [0.29, 0.717) is 33.6 Å². The number of nitrogens with one attached hydrogen (secondary N) is 1. The number of nitrogens with zero attached hydrogens (tertiary/aromatic N) is 6. The molecule has 2 N–H and O–H groups in total. The minimum atomic E-state index is -1.27. The normalized spacial score (nSPS) is 11.5. The first kappa shape index (κ1) is 47.8. The molecule has 0 aliphatic rings. The maximum Gasteiger partial charge on any atom is 0.335 e. The molecule has 0 aliphatic heterocycles. The Hall–Kier alpha value is -8.71. The molecular weight excluding hydrogens is 843 g/mol. The largest absolute Gasteiger partial charge is 0.870 e. The van der Waals surface area contributed by atoms with Gasteiger partial charge in [-0.1, -0.05) is 114 Å². The highest BCUT2D eigenvalue weighted by molar-refractivity contribution is 6.10. The van der Waals surface area contributed by atoms with Crippen molar-refractivity contribution in [1.82, 2.24) is 0 Å². The predicted molar refractivity (Wildman–Crippen MR) is 262 cm³/mol. The van der Waals surface area contributed by atoms with E-state index in [9.17, 15) is 19.5 Å². The molecule has 8 aromatic rings. The summed E-state index contributed by atoms with van der Waals surface area (Å²) in [7, 11) is 1.53. The van der Waals surface area contributed by atoms with E-state index in [0.717, 1.165) is 33.5 Å². The minimum absolute atomic E-state index is 0.0411. The zero-order chi connectivity index (χ0) is 47.9. The summed E-state index contributed by atoms with van der Waals surface area (Å²) >= 11 is 0. The average molecular weight is 891 g/mol. The number of rotatable bonds is 11. The average Bonchev–Trinajstić information content (AvgIpc) is 3.33. The van der Waals surface area contributed by atoms with Crippen molar-refractivity contribution < 1.29 is 29.3 Å². The highest BCUT2D eigenvalue weighted by Gasteiger charge is 2.23. The van der Waals surface area contributed by atoms with Gasteiger partial charge in [-0.2, -0.15) is 25.6 Å². The SMILES string of the molecule is COc1cc(C)ccc1N=NC(C(C)=O)C(=O)Nc1ccc(C)c(C)c1.Cc1ccc(N=Nc2cccc3ccccc23)cc1.O=C(O)c1cc2ccccc2c(N=Nc2ccccc2)c1[O-]. The number of aryl methyl sites for hydroxylation is 4. The quantitative estimate of drug-likeness (QED) is 0.0959. The van der Waals surface area contributed by atoms with E-state index in [1.165, 1.54) is 31.0 Å². The Bertz CT molecular complexity index is 3130. The molecule has 67 heavy (non-hydrogen) atoms. The fourth-order valence-electron chi connectivity index (χ4n) is 6.52. The summed E-state index contributed by atoms with van der Waals surface area (Å²) in [6.45, 7) is 9.25. The van der Waals surface area contributed by atoms with E-state index in [1.807, 2.05) is 99.6 Å². The second-order valence-corrected chi connectivity index (χ2v) is 15.4. The van der Waals surface area contributed by atoms with Gasteiger partial charge in [0.1, 0.15) is 11.4 Å². The van der Waals surface area contributed by atoms with E-state index < -0.39 is 23.7 Å². The van der Waals surface area contributed by atoms with Gasteiger partial charge in [0, 0.05) is 16.5 Å². The molecule has 13 heteroatoms. The molecule has 336 valence electrons. The lowest BCUT2D eigenvalue weighted by atomic mass is 10.0. The number of hydrogen-bond donors (Lipinski definition) is 2. The van der Waals surface area contributed by atoms with Crippen LogP contribution in [0.2, 0.25) is 0 Å². The number of carboxylic acid groups (broad SMARTS) is 1. The number of aromatic carboxylic acids is 1. The summed E-state index contributed by atoms with van der Waals surface area (Å²) in [5.74, 6) is -2.28. The van der Waals surface area contributed by atoms with Crippen LogP contribution < -0.4 is 15.2 Å². The van der Waals surface area contributed by atoms with Gasteiger partial charge in [-0.15, -0.1) is 5.11 Å². The van der Waals surface area contributed by atoms with Crippen LogP contribution >= 0.6 is 0 Å². The number of benzene rings is 8. The van der Waals surface area contributed by atoms with Crippen LogP contribution in [0.1, 0.15) is 39.5 Å². The molecule has 13 nitrogen and oxygen atoms in total. The maximum atomic E-state index is 12.5. The van der Waals surface area contributed by atoms with Crippen LogP contribution in [0.3, 0.4) is 0 Å². The molecule has 8 aromatic carbocycles. The fourth-order valence-corrected chi connectivity index (χ4v) is 6.52. The lowest BCUT2D eigenvalue weighted by Crippen LogP contribution is -2.31. The second kappa shape index (κ2) is 22.8. The van der Waals surface area contributed by atoms with Crippen LogP contribution in [0, 0.1) is 27.7 Å². The Morgan fingerprint density at radius 3 is 1.90 bits per heavy atom. The summed E-state index contributed by atoms with van der Waals surface area (Å²) in [5, 5.41) is 52.4. The zero-order valence-electron chi connectivity index (χ0n) is 37.8. The molecule has 0 radical (unpaired) electrons. The number of carbonyl (C=O) groups is 3. The summed E-state index contributed by atoms with van der Waals surface area (Å²) in [6, 6.07) is 49.4. The highest BCUT2D eigenvalue weighted by Crippen LogP contribution is 2.38. The predicted octanol–water partition coefficient (Wildman–Crippen LogP) is 13.9. The van der Waals surface area contributed by atoms with Crippen molar-refractivity contribution in [3.05, 3.63) is 192 Å². The van der Waals surface area contributed by atoms with Crippen LogP contribution in [0.15, 0.2) is 194 Å². The van der Waals surface area contributed by atoms with Gasteiger partial charge < -0.3 is 20.3 Å². The Labute approximate surface area is 388 Å². The number of ether oxygens (including phenoxy) is 1. The zero-order valence-corrected chi connectivity index (χ0v) is 37.8. The third-order valence-electron chi connectivity index (χ3n) is 10.3. The topological polar surface area (TPSA) is 190 Å². The molecule has 0 spiro atoms. The van der Waals surface area contributed by atoms with E-state index in [1.54, 1.807) is 60.7 Å². The van der Waals surface area contributed by atoms with E-state index in [4.69, 9.17) is 9.84 Å². The van der Waals surface area contributed by atoms with Crippen LogP contribution in [0.5, 0.6) is 11.5 Å². The monoisotopic (exact) mass is 890 g/mol. The first-order valence-corrected chi connectivity index (χ1v) is 21.1. The lowest BCUT2D eigenvalue weighted by Gasteiger charge is -2.15. The van der Waals surface area contributed by atoms with Gasteiger partial charge in [0.2, 0.25) is 6.04 Å².